The second kappa shape index (κ2) is 3.75. The Kier molecular flexibility index (Phi) is 3.83. The summed E-state index contributed by atoms with van der Waals surface area (Å²) in [4.78, 5) is 0. The number of rotatable bonds is 3. The Bertz CT molecular complexity index is 338. The molecule has 0 aliphatic carbocycles. The van der Waals surface area contributed by atoms with E-state index in [2.05, 4.69) is 0 Å². The summed E-state index contributed by atoms with van der Waals surface area (Å²) in [6, 6.07) is 0. The molecule has 0 aliphatic rings. The van der Waals surface area contributed by atoms with Gasteiger partial charge in [-0.3, -0.25) is 0 Å². The van der Waals surface area contributed by atoms with Gasteiger partial charge >= 0.3 is 0 Å². The van der Waals surface area contributed by atoms with Gasteiger partial charge in [-0.15, -0.1) is 0 Å². The maximum absolute atomic E-state index is 10.2. The second-order valence-corrected chi connectivity index (χ2v) is 6.89. The van der Waals surface area contributed by atoms with Gasteiger partial charge in [-0.25, -0.2) is 16.8 Å². The van der Waals surface area contributed by atoms with E-state index in [0.29, 0.717) is 5.41 Å². The summed E-state index contributed by atoms with van der Waals surface area (Å²) in [5, 5.41) is 0.564. The van der Waals surface area contributed by atoms with Crippen molar-refractivity contribution in [1.82, 2.24) is 0 Å². The largest absolute Gasteiger partial charge is 0.254 e. The molecule has 0 bridgehead atoms. The molecular weight excluding hydrogens is 235 g/mol. The van der Waals surface area contributed by atoms with E-state index in [0.717, 1.165) is 6.08 Å². The average molecular weight is 239 g/mol. The van der Waals surface area contributed by atoms with Crippen molar-refractivity contribution in [3.63, 3.8) is 0 Å². The lowest BCUT2D eigenvalue weighted by molar-refractivity contribution is 0.612. The van der Waals surface area contributed by atoms with E-state index in [9.17, 15) is 16.8 Å². The van der Waals surface area contributed by atoms with Gasteiger partial charge in [-0.05, 0) is 0 Å². The molecule has 0 aliphatic heterocycles. The quantitative estimate of drug-likeness (QED) is 0.677. The second-order valence-electron chi connectivity index (χ2n) is 1.55. The van der Waals surface area contributed by atoms with Crippen LogP contribution in [-0.2, 0) is 18.1 Å². The summed E-state index contributed by atoms with van der Waals surface area (Å²) in [7, 11) is 1.99. The van der Waals surface area contributed by atoms with Gasteiger partial charge in [0.1, 0.15) is 0 Å². The molecule has 0 radical (unpaired) electrons. The molecule has 0 unspecified atom stereocenters. The summed E-state index contributed by atoms with van der Waals surface area (Å²) in [5.74, 6) is -0.555. The van der Waals surface area contributed by atoms with Gasteiger partial charge in [-0.2, -0.15) is 0 Å². The van der Waals surface area contributed by atoms with Crippen LogP contribution in [0.3, 0.4) is 0 Å². The predicted octanol–water partition coefficient (Wildman–Crippen LogP) is 0.637. The maximum atomic E-state index is 10.2. The molecule has 0 heterocycles. The number of hydrogen-bond donors (Lipinski definition) is 0. The molecule has 0 N–H and O–H groups in total. The van der Waals surface area contributed by atoms with Crippen molar-refractivity contribution in [2.75, 3.05) is 5.75 Å². The summed E-state index contributed by atoms with van der Waals surface area (Å²) >= 11 is 0. The van der Waals surface area contributed by atoms with Crippen LogP contribution in [0.1, 0.15) is 0 Å². The zero-order valence-electron chi connectivity index (χ0n) is 5.07. The van der Waals surface area contributed by atoms with Gasteiger partial charge in [-0.1, -0.05) is 6.08 Å². The zero-order chi connectivity index (χ0) is 9.12. The van der Waals surface area contributed by atoms with Crippen molar-refractivity contribution >= 4 is 39.5 Å². The van der Waals surface area contributed by atoms with E-state index in [1.807, 2.05) is 0 Å². The third-order valence-corrected chi connectivity index (χ3v) is 2.35. The Morgan fingerprint density at radius 3 is 1.82 bits per heavy atom. The molecule has 0 atom stereocenters. The van der Waals surface area contributed by atoms with Gasteiger partial charge in [0.15, 0.2) is 0 Å². The van der Waals surface area contributed by atoms with E-state index < -0.39 is 23.9 Å². The van der Waals surface area contributed by atoms with Gasteiger partial charge in [0.2, 0.25) is 9.05 Å². The van der Waals surface area contributed by atoms with Crippen LogP contribution in [0.4, 0.5) is 0 Å². The highest BCUT2D eigenvalue weighted by Crippen LogP contribution is 2.01. The molecule has 0 rings (SSSR count). The first kappa shape index (κ1) is 11.2. The SMILES string of the molecule is O=S(=O)(Cl)/C=C/CS(=O)(=O)Cl. The number of halogens is 2. The Morgan fingerprint density at radius 1 is 1.09 bits per heavy atom. The Hall–Kier alpha value is 0.220. The first-order chi connectivity index (χ1) is 4.71. The minimum Gasteiger partial charge on any atom is -0.212 e. The lowest BCUT2D eigenvalue weighted by Gasteiger charge is -1.84. The summed E-state index contributed by atoms with van der Waals surface area (Å²) in [5.41, 5.74) is 0. The maximum Gasteiger partial charge on any atom is 0.254 e. The van der Waals surface area contributed by atoms with Gasteiger partial charge in [0.05, 0.1) is 5.75 Å². The summed E-state index contributed by atoms with van der Waals surface area (Å²) in [6.07, 6.45) is 0.852. The molecule has 0 aromatic carbocycles. The van der Waals surface area contributed by atoms with Crippen LogP contribution in [0, 0.1) is 0 Å². The summed E-state index contributed by atoms with van der Waals surface area (Å²) < 4.78 is 40.7. The highest BCUT2D eigenvalue weighted by atomic mass is 35.7. The van der Waals surface area contributed by atoms with Gasteiger partial charge < -0.3 is 0 Å². The first-order valence-electron chi connectivity index (χ1n) is 2.24. The summed E-state index contributed by atoms with van der Waals surface area (Å²) in [6.45, 7) is 0. The molecule has 66 valence electrons. The van der Waals surface area contributed by atoms with Crippen molar-refractivity contribution in [2.45, 2.75) is 0 Å². The molecule has 0 amide bonds. The molecule has 11 heavy (non-hydrogen) atoms. The third-order valence-electron chi connectivity index (χ3n) is 0.554. The van der Waals surface area contributed by atoms with Gasteiger partial charge in [0.25, 0.3) is 9.05 Å². The molecule has 0 saturated heterocycles. The molecule has 0 aromatic heterocycles. The fourth-order valence-corrected chi connectivity index (χ4v) is 1.48. The van der Waals surface area contributed by atoms with Crippen molar-refractivity contribution in [3.8, 4) is 0 Å². The fraction of sp³-hybridized carbons (Fsp3) is 0.333. The minimum atomic E-state index is -3.78. The highest BCUT2D eigenvalue weighted by molar-refractivity contribution is 8.16. The lowest BCUT2D eigenvalue weighted by Crippen LogP contribution is -1.93. The lowest BCUT2D eigenvalue weighted by atomic mass is 10.8. The molecule has 4 nitrogen and oxygen atoms in total. The first-order valence-corrected chi connectivity index (χ1v) is 7.09. The van der Waals surface area contributed by atoms with Crippen LogP contribution in [-0.4, -0.2) is 22.6 Å². The van der Waals surface area contributed by atoms with Gasteiger partial charge in [0, 0.05) is 26.8 Å². The van der Waals surface area contributed by atoms with Crippen LogP contribution in [0.25, 0.3) is 0 Å². The average Bonchev–Trinajstić information content (AvgIpc) is 1.55. The molecule has 0 aromatic rings. The highest BCUT2D eigenvalue weighted by Gasteiger charge is 2.02. The Labute approximate surface area is 73.6 Å². The Balaban J connectivity index is 4.23. The topological polar surface area (TPSA) is 68.3 Å². The molecular formula is C3H4Cl2O4S2. The monoisotopic (exact) mass is 238 g/mol. The Morgan fingerprint density at radius 2 is 1.55 bits per heavy atom. The van der Waals surface area contributed by atoms with Crippen LogP contribution in [0.15, 0.2) is 11.5 Å². The molecule has 8 heteroatoms. The molecule has 0 spiro atoms. The van der Waals surface area contributed by atoms with Crippen molar-refractivity contribution in [1.29, 1.82) is 0 Å². The smallest absolute Gasteiger partial charge is 0.212 e. The van der Waals surface area contributed by atoms with Crippen LogP contribution >= 0.6 is 21.4 Å². The normalized spacial score (nSPS) is 14.0. The zero-order valence-corrected chi connectivity index (χ0v) is 8.21. The molecule has 0 saturated carbocycles. The van der Waals surface area contributed by atoms with Crippen LogP contribution in [0.5, 0.6) is 0 Å². The van der Waals surface area contributed by atoms with Crippen LogP contribution < -0.4 is 0 Å². The van der Waals surface area contributed by atoms with E-state index >= 15 is 0 Å². The predicted molar refractivity (Wildman–Crippen MR) is 43.6 cm³/mol. The fourth-order valence-electron chi connectivity index (χ4n) is 0.269. The van der Waals surface area contributed by atoms with Crippen molar-refractivity contribution in [2.24, 2.45) is 0 Å². The van der Waals surface area contributed by atoms with E-state index in [4.69, 9.17) is 21.4 Å². The molecule has 0 fully saturated rings. The van der Waals surface area contributed by atoms with E-state index in [1.54, 1.807) is 0 Å². The van der Waals surface area contributed by atoms with E-state index in [1.165, 1.54) is 0 Å². The standard InChI is InChI=1S/C3H4Cl2O4S2/c4-10(6,7)2-1-3-11(5,8)9/h1-2H,3H2/b2-1+. The van der Waals surface area contributed by atoms with E-state index in [-0.39, 0.29) is 0 Å². The third kappa shape index (κ3) is 10.2. The van der Waals surface area contributed by atoms with Crippen molar-refractivity contribution < 1.29 is 16.8 Å². The minimum absolute atomic E-state index is 0.555. The van der Waals surface area contributed by atoms with Crippen molar-refractivity contribution in [3.05, 3.63) is 11.5 Å². The number of hydrogen-bond acceptors (Lipinski definition) is 4. The van der Waals surface area contributed by atoms with Crippen LogP contribution in [0.2, 0.25) is 0 Å².